The average molecular weight is 124 g/mol. The zero-order chi connectivity index (χ0) is 6.85. The van der Waals surface area contributed by atoms with Gasteiger partial charge in [0.1, 0.15) is 11.5 Å². The van der Waals surface area contributed by atoms with Gasteiger partial charge in [-0.1, -0.05) is 0 Å². The molecule has 0 atom stereocenters. The SMILES string of the molecule is N=C(N)c1[nH]ccc1N. The second-order valence-electron chi connectivity index (χ2n) is 1.72. The van der Waals surface area contributed by atoms with E-state index < -0.39 is 0 Å². The van der Waals surface area contributed by atoms with Gasteiger partial charge in [0.05, 0.1) is 5.69 Å². The molecule has 48 valence electrons. The van der Waals surface area contributed by atoms with Crippen molar-refractivity contribution in [3.63, 3.8) is 0 Å². The summed E-state index contributed by atoms with van der Waals surface area (Å²) in [5.41, 5.74) is 11.5. The van der Waals surface area contributed by atoms with Crippen molar-refractivity contribution >= 4 is 11.5 Å². The molecule has 0 saturated heterocycles. The quantitative estimate of drug-likeness (QED) is 0.310. The standard InChI is InChI=1S/C5H8N4/c6-3-1-2-9-4(3)5(7)8/h1-2,9H,6H2,(H3,7,8). The van der Waals surface area contributed by atoms with Crippen LogP contribution >= 0.6 is 0 Å². The molecule has 1 aromatic heterocycles. The van der Waals surface area contributed by atoms with Crippen molar-refractivity contribution in [1.82, 2.24) is 4.98 Å². The van der Waals surface area contributed by atoms with Gasteiger partial charge in [-0.05, 0) is 6.07 Å². The first kappa shape index (κ1) is 5.68. The van der Waals surface area contributed by atoms with Gasteiger partial charge in [0.15, 0.2) is 0 Å². The van der Waals surface area contributed by atoms with E-state index in [-0.39, 0.29) is 5.84 Å². The summed E-state index contributed by atoms with van der Waals surface area (Å²) in [5, 5.41) is 6.96. The zero-order valence-corrected chi connectivity index (χ0v) is 4.81. The summed E-state index contributed by atoms with van der Waals surface area (Å²) in [4.78, 5) is 2.73. The Bertz CT molecular complexity index is 225. The van der Waals surface area contributed by atoms with Crippen LogP contribution in [0.1, 0.15) is 5.69 Å². The lowest BCUT2D eigenvalue weighted by Gasteiger charge is -1.92. The molecule has 0 aromatic carbocycles. The van der Waals surface area contributed by atoms with Crippen LogP contribution in [-0.4, -0.2) is 10.8 Å². The van der Waals surface area contributed by atoms with E-state index in [4.69, 9.17) is 16.9 Å². The minimum Gasteiger partial charge on any atom is -0.397 e. The summed E-state index contributed by atoms with van der Waals surface area (Å²) in [6.45, 7) is 0. The molecular weight excluding hydrogens is 116 g/mol. The Hall–Kier alpha value is -1.45. The Morgan fingerprint density at radius 1 is 1.67 bits per heavy atom. The topological polar surface area (TPSA) is 91.7 Å². The molecule has 0 saturated carbocycles. The van der Waals surface area contributed by atoms with Crippen LogP contribution in [0.5, 0.6) is 0 Å². The van der Waals surface area contributed by atoms with Crippen molar-refractivity contribution in [2.75, 3.05) is 5.73 Å². The molecule has 6 N–H and O–H groups in total. The van der Waals surface area contributed by atoms with E-state index in [1.165, 1.54) is 0 Å². The number of aromatic nitrogens is 1. The first-order chi connectivity index (χ1) is 4.22. The molecule has 0 aliphatic rings. The molecule has 0 spiro atoms. The Kier molecular flexibility index (Phi) is 1.14. The van der Waals surface area contributed by atoms with E-state index in [0.717, 1.165) is 0 Å². The third kappa shape index (κ3) is 0.861. The van der Waals surface area contributed by atoms with Gasteiger partial charge < -0.3 is 16.5 Å². The van der Waals surface area contributed by atoms with Crippen molar-refractivity contribution in [3.05, 3.63) is 18.0 Å². The normalized spacial score (nSPS) is 9.33. The molecule has 9 heavy (non-hydrogen) atoms. The van der Waals surface area contributed by atoms with Crippen molar-refractivity contribution in [1.29, 1.82) is 5.41 Å². The van der Waals surface area contributed by atoms with Crippen LogP contribution in [0.15, 0.2) is 12.3 Å². The maximum atomic E-state index is 6.96. The van der Waals surface area contributed by atoms with Gasteiger partial charge >= 0.3 is 0 Å². The second-order valence-corrected chi connectivity index (χ2v) is 1.72. The average Bonchev–Trinajstić information content (AvgIpc) is 2.13. The first-order valence-corrected chi connectivity index (χ1v) is 2.49. The highest BCUT2D eigenvalue weighted by molar-refractivity contribution is 5.97. The summed E-state index contributed by atoms with van der Waals surface area (Å²) < 4.78 is 0. The summed E-state index contributed by atoms with van der Waals surface area (Å²) >= 11 is 0. The van der Waals surface area contributed by atoms with E-state index in [1.807, 2.05) is 0 Å². The lowest BCUT2D eigenvalue weighted by atomic mass is 10.3. The Morgan fingerprint density at radius 3 is 2.56 bits per heavy atom. The van der Waals surface area contributed by atoms with Crippen LogP contribution in [0.25, 0.3) is 0 Å². The van der Waals surface area contributed by atoms with Crippen LogP contribution in [0, 0.1) is 5.41 Å². The molecule has 0 aliphatic heterocycles. The lowest BCUT2D eigenvalue weighted by molar-refractivity contribution is 1.32. The summed E-state index contributed by atoms with van der Waals surface area (Å²) in [5.74, 6) is -0.0301. The molecule has 0 unspecified atom stereocenters. The Morgan fingerprint density at radius 2 is 2.33 bits per heavy atom. The highest BCUT2D eigenvalue weighted by atomic mass is 14.8. The van der Waals surface area contributed by atoms with Gasteiger partial charge in [0.25, 0.3) is 0 Å². The number of hydrogen-bond donors (Lipinski definition) is 4. The number of aromatic amines is 1. The molecule has 0 aliphatic carbocycles. The predicted octanol–water partition coefficient (Wildman–Crippen LogP) is -0.119. The second kappa shape index (κ2) is 1.81. The van der Waals surface area contributed by atoms with Gasteiger partial charge in [-0.15, -0.1) is 0 Å². The van der Waals surface area contributed by atoms with E-state index >= 15 is 0 Å². The Balaban J connectivity index is 3.08. The van der Waals surface area contributed by atoms with Gasteiger partial charge in [0, 0.05) is 6.20 Å². The van der Waals surface area contributed by atoms with Crippen molar-refractivity contribution in [3.8, 4) is 0 Å². The Labute approximate surface area is 52.4 Å². The fourth-order valence-electron chi connectivity index (χ4n) is 0.615. The largest absolute Gasteiger partial charge is 0.397 e. The van der Waals surface area contributed by atoms with Gasteiger partial charge in [-0.25, -0.2) is 0 Å². The van der Waals surface area contributed by atoms with E-state index in [2.05, 4.69) is 4.98 Å². The zero-order valence-electron chi connectivity index (χ0n) is 4.81. The smallest absolute Gasteiger partial charge is 0.141 e. The fraction of sp³-hybridized carbons (Fsp3) is 0. The van der Waals surface area contributed by atoms with Crippen molar-refractivity contribution < 1.29 is 0 Å². The van der Waals surface area contributed by atoms with Crippen LogP contribution in [0.2, 0.25) is 0 Å². The van der Waals surface area contributed by atoms with Gasteiger partial charge in [-0.2, -0.15) is 0 Å². The van der Waals surface area contributed by atoms with Gasteiger partial charge in [0.2, 0.25) is 0 Å². The van der Waals surface area contributed by atoms with E-state index in [1.54, 1.807) is 12.3 Å². The fourth-order valence-corrected chi connectivity index (χ4v) is 0.615. The molecule has 0 radical (unpaired) electrons. The number of hydrogen-bond acceptors (Lipinski definition) is 2. The molecule has 0 fully saturated rings. The molecule has 1 heterocycles. The predicted molar refractivity (Wildman–Crippen MR) is 36.2 cm³/mol. The van der Waals surface area contributed by atoms with Crippen molar-refractivity contribution in [2.24, 2.45) is 5.73 Å². The number of nitrogen functional groups attached to an aromatic ring is 2. The third-order valence-corrected chi connectivity index (χ3v) is 1.05. The molecule has 4 heteroatoms. The van der Waals surface area contributed by atoms with Crippen molar-refractivity contribution in [2.45, 2.75) is 0 Å². The number of H-pyrrole nitrogens is 1. The third-order valence-electron chi connectivity index (χ3n) is 1.05. The minimum atomic E-state index is -0.0301. The van der Waals surface area contributed by atoms with Crippen LogP contribution < -0.4 is 11.5 Å². The molecule has 0 bridgehead atoms. The molecule has 0 amide bonds. The number of amidine groups is 1. The summed E-state index contributed by atoms with van der Waals surface area (Å²) in [6.07, 6.45) is 1.64. The summed E-state index contributed by atoms with van der Waals surface area (Å²) in [7, 11) is 0. The first-order valence-electron chi connectivity index (χ1n) is 2.49. The number of nitrogens with two attached hydrogens (primary N) is 2. The molecular formula is C5H8N4. The molecule has 1 aromatic rings. The van der Waals surface area contributed by atoms with Gasteiger partial charge in [-0.3, -0.25) is 5.41 Å². The highest BCUT2D eigenvalue weighted by Crippen LogP contribution is 2.05. The van der Waals surface area contributed by atoms with Crippen LogP contribution in [-0.2, 0) is 0 Å². The monoisotopic (exact) mass is 124 g/mol. The van der Waals surface area contributed by atoms with Crippen LogP contribution in [0.4, 0.5) is 5.69 Å². The molecule has 4 nitrogen and oxygen atoms in total. The minimum absolute atomic E-state index is 0.0301. The number of anilines is 1. The molecule has 1 rings (SSSR count). The highest BCUT2D eigenvalue weighted by Gasteiger charge is 1.99. The van der Waals surface area contributed by atoms with Crippen LogP contribution in [0.3, 0.4) is 0 Å². The van der Waals surface area contributed by atoms with E-state index in [0.29, 0.717) is 11.4 Å². The van der Waals surface area contributed by atoms with E-state index in [9.17, 15) is 0 Å². The maximum absolute atomic E-state index is 6.96. The number of rotatable bonds is 1. The lowest BCUT2D eigenvalue weighted by Crippen LogP contribution is -2.13. The maximum Gasteiger partial charge on any atom is 0.141 e. The number of nitrogens with one attached hydrogen (secondary N) is 2. The summed E-state index contributed by atoms with van der Waals surface area (Å²) in [6, 6.07) is 1.66.